The zero-order chi connectivity index (χ0) is 19.6. The maximum atomic E-state index is 12.0. The Bertz CT molecular complexity index is 517. The summed E-state index contributed by atoms with van der Waals surface area (Å²) in [5, 5.41) is 8.93. The molecule has 0 aliphatic carbocycles. The van der Waals surface area contributed by atoms with Crippen LogP contribution in [-0.4, -0.2) is 46.3 Å². The van der Waals surface area contributed by atoms with E-state index in [9.17, 15) is 13.6 Å². The Labute approximate surface area is 161 Å². The molecule has 0 spiro atoms. The summed E-state index contributed by atoms with van der Waals surface area (Å²) in [4.78, 5) is 19.4. The van der Waals surface area contributed by atoms with Crippen LogP contribution in [0.1, 0.15) is 64.7 Å². The molecule has 0 aromatic heterocycles. The smallest absolute Gasteiger partial charge is 0.320 e. The number of carboxylic acids is 1. The molecule has 1 aliphatic heterocycles. The Kier molecular flexibility index (Phi) is 10.2. The van der Waals surface area contributed by atoms with E-state index in [-0.39, 0.29) is 18.9 Å². The van der Waals surface area contributed by atoms with Crippen molar-refractivity contribution in [3.05, 3.63) is 0 Å². The lowest BCUT2D eigenvalue weighted by molar-refractivity contribution is -0.138. The van der Waals surface area contributed by atoms with E-state index in [1.54, 1.807) is 6.92 Å². The van der Waals surface area contributed by atoms with Crippen LogP contribution in [0.5, 0.6) is 0 Å². The number of halogens is 3. The van der Waals surface area contributed by atoms with Gasteiger partial charge < -0.3 is 15.6 Å². The number of nitrogens with two attached hydrogens (primary N) is 1. The Morgan fingerprint density at radius 1 is 1.23 bits per heavy atom. The molecule has 0 fully saturated rings. The molecular weight excluding hydrogens is 412 g/mol. The molecule has 0 aromatic rings. The van der Waals surface area contributed by atoms with Crippen LogP contribution in [0.3, 0.4) is 0 Å². The standard InChI is InChI=1S/C17H28BrF2N3O3/c1-17(11-12(21)14(24)25)15(18)22-16(23-17)26-10-8-6-4-2-3-5-7-9-13(19)20/h12-13H,2-11,21H2,1H3,(H,24,25)/t12-,17?/m0/s1. The number of nitrogens with zero attached hydrogens (tertiary/aromatic N) is 2. The summed E-state index contributed by atoms with van der Waals surface area (Å²) < 4.78 is 30.0. The van der Waals surface area contributed by atoms with Crippen LogP contribution in [-0.2, 0) is 9.53 Å². The van der Waals surface area contributed by atoms with E-state index in [0.29, 0.717) is 17.6 Å². The average Bonchev–Trinajstić information content (AvgIpc) is 2.82. The predicted octanol–water partition coefficient (Wildman–Crippen LogP) is 4.11. The number of aliphatic carboxylic acids is 1. The van der Waals surface area contributed by atoms with Gasteiger partial charge in [-0.3, -0.25) is 4.79 Å². The molecule has 3 N–H and O–H groups in total. The van der Waals surface area contributed by atoms with Crippen molar-refractivity contribution in [1.82, 2.24) is 0 Å². The third-order valence-corrected chi connectivity index (χ3v) is 5.24. The fraction of sp³-hybridized carbons (Fsp3) is 0.824. The van der Waals surface area contributed by atoms with Gasteiger partial charge in [-0.2, -0.15) is 4.99 Å². The highest BCUT2D eigenvalue weighted by molar-refractivity contribution is 9.18. The second kappa shape index (κ2) is 11.6. The SMILES string of the molecule is CC1(C[C@H](N)C(=O)O)N=C(OCCCCCCCCCC(F)F)N=C1Br. The summed E-state index contributed by atoms with van der Waals surface area (Å²) in [6.07, 6.45) is 4.32. The number of carbonyl (C=O) groups is 1. The van der Waals surface area contributed by atoms with Crippen LogP contribution in [0.4, 0.5) is 8.78 Å². The van der Waals surface area contributed by atoms with Crippen molar-refractivity contribution in [3.8, 4) is 0 Å². The summed E-state index contributed by atoms with van der Waals surface area (Å²) in [6.45, 7) is 2.24. The Morgan fingerprint density at radius 3 is 2.38 bits per heavy atom. The van der Waals surface area contributed by atoms with E-state index in [0.717, 1.165) is 38.5 Å². The van der Waals surface area contributed by atoms with Gasteiger partial charge in [0.15, 0.2) is 0 Å². The van der Waals surface area contributed by atoms with Crippen molar-refractivity contribution in [3.63, 3.8) is 0 Å². The monoisotopic (exact) mass is 439 g/mol. The highest BCUT2D eigenvalue weighted by Gasteiger charge is 2.38. The molecular formula is C17H28BrF2N3O3. The third-order valence-electron chi connectivity index (χ3n) is 4.21. The predicted molar refractivity (Wildman–Crippen MR) is 101 cm³/mol. The molecule has 0 saturated carbocycles. The van der Waals surface area contributed by atoms with E-state index in [4.69, 9.17) is 15.6 Å². The molecule has 0 amide bonds. The van der Waals surface area contributed by atoms with Gasteiger partial charge in [-0.15, -0.1) is 0 Å². The van der Waals surface area contributed by atoms with Crippen molar-refractivity contribution >= 4 is 32.5 Å². The lowest BCUT2D eigenvalue weighted by Gasteiger charge is -2.21. The zero-order valence-corrected chi connectivity index (χ0v) is 16.7. The first kappa shape index (κ1) is 23.0. The van der Waals surface area contributed by atoms with Crippen LogP contribution in [0.2, 0.25) is 0 Å². The van der Waals surface area contributed by atoms with Gasteiger partial charge in [0.05, 0.1) is 6.61 Å². The second-order valence-electron chi connectivity index (χ2n) is 6.72. The summed E-state index contributed by atoms with van der Waals surface area (Å²) in [6, 6.07) is -0.782. The maximum Gasteiger partial charge on any atom is 0.320 e. The van der Waals surface area contributed by atoms with Gasteiger partial charge >= 0.3 is 12.0 Å². The molecule has 6 nitrogen and oxygen atoms in total. The molecule has 0 aromatic carbocycles. The maximum absolute atomic E-state index is 12.0. The molecule has 1 unspecified atom stereocenters. The summed E-state index contributed by atoms with van der Waals surface area (Å²) in [5.74, 6) is -1.08. The Morgan fingerprint density at radius 2 is 1.81 bits per heavy atom. The number of amidine groups is 1. The molecule has 2 atom stereocenters. The van der Waals surface area contributed by atoms with Gasteiger partial charge in [-0.05, 0) is 35.7 Å². The molecule has 1 aliphatic rings. The average molecular weight is 440 g/mol. The fourth-order valence-electron chi connectivity index (χ4n) is 2.64. The van der Waals surface area contributed by atoms with E-state index in [2.05, 4.69) is 25.9 Å². The summed E-state index contributed by atoms with van der Waals surface area (Å²) >= 11 is 3.31. The molecule has 1 rings (SSSR count). The van der Waals surface area contributed by atoms with Crippen molar-refractivity contribution in [2.45, 2.75) is 82.7 Å². The number of ether oxygens (including phenoxy) is 1. The fourth-order valence-corrected chi connectivity index (χ4v) is 3.05. The van der Waals surface area contributed by atoms with Crippen LogP contribution in [0, 0.1) is 0 Å². The van der Waals surface area contributed by atoms with Crippen LogP contribution < -0.4 is 5.73 Å². The largest absolute Gasteiger partial charge is 0.480 e. The van der Waals surface area contributed by atoms with Gasteiger partial charge in [0, 0.05) is 12.8 Å². The number of hydrogen-bond acceptors (Lipinski definition) is 5. The minimum atomic E-state index is -2.19. The molecule has 9 heteroatoms. The van der Waals surface area contributed by atoms with Crippen LogP contribution >= 0.6 is 15.9 Å². The number of rotatable bonds is 13. The van der Waals surface area contributed by atoms with Gasteiger partial charge in [-0.25, -0.2) is 13.8 Å². The molecule has 0 bridgehead atoms. The molecule has 0 radical (unpaired) electrons. The topological polar surface area (TPSA) is 97.3 Å². The second-order valence-corrected chi connectivity index (χ2v) is 7.47. The minimum absolute atomic E-state index is 0.00230. The van der Waals surface area contributed by atoms with Gasteiger partial charge in [0.25, 0.3) is 0 Å². The van der Waals surface area contributed by atoms with E-state index in [1.807, 2.05) is 0 Å². The quantitative estimate of drug-likeness (QED) is 0.421. The van der Waals surface area contributed by atoms with Crippen LogP contribution in [0.25, 0.3) is 0 Å². The van der Waals surface area contributed by atoms with E-state index >= 15 is 0 Å². The lowest BCUT2D eigenvalue weighted by atomic mass is 9.96. The van der Waals surface area contributed by atoms with Crippen molar-refractivity contribution in [2.75, 3.05) is 6.61 Å². The van der Waals surface area contributed by atoms with Gasteiger partial charge in [0.2, 0.25) is 6.43 Å². The first-order chi connectivity index (χ1) is 12.2. The minimum Gasteiger partial charge on any atom is -0.480 e. The number of hydrogen-bond donors (Lipinski definition) is 2. The number of aliphatic imine (C=N–C) groups is 2. The van der Waals surface area contributed by atoms with Crippen molar-refractivity contribution in [1.29, 1.82) is 0 Å². The molecule has 0 saturated heterocycles. The summed E-state index contributed by atoms with van der Waals surface area (Å²) in [7, 11) is 0. The highest BCUT2D eigenvalue weighted by atomic mass is 79.9. The van der Waals surface area contributed by atoms with E-state index in [1.165, 1.54) is 0 Å². The normalized spacial score (nSPS) is 20.8. The van der Waals surface area contributed by atoms with Crippen LogP contribution in [0.15, 0.2) is 9.98 Å². The molecule has 26 heavy (non-hydrogen) atoms. The Balaban J connectivity index is 2.16. The molecule has 1 heterocycles. The number of carboxylic acid groups (broad SMARTS) is 1. The van der Waals surface area contributed by atoms with E-state index < -0.39 is 24.0 Å². The lowest BCUT2D eigenvalue weighted by Crippen LogP contribution is -2.40. The number of unbranched alkanes of at least 4 members (excludes halogenated alkanes) is 6. The third kappa shape index (κ3) is 8.53. The van der Waals surface area contributed by atoms with Crippen molar-refractivity contribution < 1.29 is 23.4 Å². The summed E-state index contributed by atoms with van der Waals surface area (Å²) in [5.41, 5.74) is 4.77. The number of alkyl halides is 2. The molecule has 150 valence electrons. The first-order valence-corrected chi connectivity index (χ1v) is 9.78. The highest BCUT2D eigenvalue weighted by Crippen LogP contribution is 2.28. The van der Waals surface area contributed by atoms with Gasteiger partial charge in [-0.1, -0.05) is 32.1 Å². The van der Waals surface area contributed by atoms with Crippen molar-refractivity contribution in [2.24, 2.45) is 15.7 Å². The van der Waals surface area contributed by atoms with Gasteiger partial charge in [0.1, 0.15) is 16.2 Å². The Hall–Kier alpha value is -1.09. The first-order valence-electron chi connectivity index (χ1n) is 8.98. The zero-order valence-electron chi connectivity index (χ0n) is 15.1.